The number of hydrogen-bond donors (Lipinski definition) is 3. The molecule has 20 heavy (non-hydrogen) atoms. The molecule has 2 unspecified atom stereocenters. The summed E-state index contributed by atoms with van der Waals surface area (Å²) in [5.41, 5.74) is 1.26. The zero-order valence-electron chi connectivity index (χ0n) is 10.5. The van der Waals surface area contributed by atoms with Gasteiger partial charge in [-0.05, 0) is 23.8 Å². The molecule has 8 heteroatoms. The first-order valence-electron chi connectivity index (χ1n) is 6.17. The Bertz CT molecular complexity index is 662. The Balaban J connectivity index is 1.93. The van der Waals surface area contributed by atoms with Crippen molar-refractivity contribution in [1.82, 2.24) is 4.31 Å². The van der Waals surface area contributed by atoms with E-state index in [0.29, 0.717) is 11.3 Å². The Morgan fingerprint density at radius 1 is 1.20 bits per heavy atom. The van der Waals surface area contributed by atoms with E-state index in [4.69, 9.17) is 0 Å². The maximum absolute atomic E-state index is 12.4. The highest BCUT2D eigenvalue weighted by Gasteiger charge is 2.37. The fourth-order valence-corrected chi connectivity index (χ4v) is 3.97. The van der Waals surface area contributed by atoms with E-state index in [1.807, 2.05) is 0 Å². The van der Waals surface area contributed by atoms with Crippen molar-refractivity contribution in [2.45, 2.75) is 23.5 Å². The van der Waals surface area contributed by atoms with Crippen LogP contribution in [0.1, 0.15) is 5.56 Å². The highest BCUT2D eigenvalue weighted by atomic mass is 32.2. The van der Waals surface area contributed by atoms with Gasteiger partial charge in [0.05, 0.1) is 23.5 Å². The molecule has 0 spiro atoms. The van der Waals surface area contributed by atoms with Crippen LogP contribution in [0.2, 0.25) is 0 Å². The largest absolute Gasteiger partial charge is 0.389 e. The first-order chi connectivity index (χ1) is 9.38. The molecule has 1 amide bonds. The molecule has 1 aromatic carbocycles. The van der Waals surface area contributed by atoms with Gasteiger partial charge >= 0.3 is 0 Å². The quantitative estimate of drug-likeness (QED) is 0.643. The summed E-state index contributed by atoms with van der Waals surface area (Å²) in [5, 5.41) is 21.5. The number of hydrogen-bond acceptors (Lipinski definition) is 5. The topological polar surface area (TPSA) is 107 Å². The number of carbonyl (C=O) groups excluding carboxylic acids is 1. The van der Waals surface area contributed by atoms with Crippen molar-refractivity contribution in [3.05, 3.63) is 23.8 Å². The van der Waals surface area contributed by atoms with Crippen LogP contribution >= 0.6 is 0 Å². The molecule has 0 aliphatic carbocycles. The molecule has 2 heterocycles. The van der Waals surface area contributed by atoms with Gasteiger partial charge < -0.3 is 15.5 Å². The Hall–Kier alpha value is -1.48. The van der Waals surface area contributed by atoms with Gasteiger partial charge in [0, 0.05) is 18.8 Å². The van der Waals surface area contributed by atoms with Crippen molar-refractivity contribution in [2.75, 3.05) is 18.4 Å². The third-order valence-electron chi connectivity index (χ3n) is 3.57. The number of sulfonamides is 1. The van der Waals surface area contributed by atoms with Crippen molar-refractivity contribution in [3.63, 3.8) is 0 Å². The van der Waals surface area contributed by atoms with Gasteiger partial charge in [-0.3, -0.25) is 4.79 Å². The standard InChI is InChI=1S/C12H14N2O5S/c15-10-5-14(6-11(10)16)20(18,19)8-1-2-9-7(3-8)4-12(17)13-9/h1-3,10-11,15-16H,4-6H2,(H,13,17). The van der Waals surface area contributed by atoms with Gasteiger partial charge in [0.1, 0.15) is 0 Å². The molecular weight excluding hydrogens is 284 g/mol. The Kier molecular flexibility index (Phi) is 3.05. The summed E-state index contributed by atoms with van der Waals surface area (Å²) in [6.07, 6.45) is -1.98. The molecular formula is C12H14N2O5S. The van der Waals surface area contributed by atoms with Crippen molar-refractivity contribution >= 4 is 21.6 Å². The summed E-state index contributed by atoms with van der Waals surface area (Å²) in [6, 6.07) is 4.42. The van der Waals surface area contributed by atoms with E-state index in [1.54, 1.807) is 6.07 Å². The fourth-order valence-electron chi connectivity index (χ4n) is 2.45. The zero-order chi connectivity index (χ0) is 14.5. The molecule has 0 saturated carbocycles. The minimum atomic E-state index is -3.77. The van der Waals surface area contributed by atoms with Crippen LogP contribution < -0.4 is 5.32 Å². The smallest absolute Gasteiger partial charge is 0.243 e. The van der Waals surface area contributed by atoms with Crippen LogP contribution in [0.25, 0.3) is 0 Å². The van der Waals surface area contributed by atoms with Gasteiger partial charge in [0.25, 0.3) is 0 Å². The number of carbonyl (C=O) groups is 1. The predicted molar refractivity (Wildman–Crippen MR) is 69.5 cm³/mol. The van der Waals surface area contributed by atoms with Crippen LogP contribution in [0.5, 0.6) is 0 Å². The summed E-state index contributed by atoms with van der Waals surface area (Å²) < 4.78 is 25.9. The molecule has 3 N–H and O–H groups in total. The summed E-state index contributed by atoms with van der Waals surface area (Å²) in [7, 11) is -3.77. The van der Waals surface area contributed by atoms with Gasteiger partial charge in [-0.2, -0.15) is 4.31 Å². The second kappa shape index (κ2) is 4.52. The number of nitrogens with zero attached hydrogens (tertiary/aromatic N) is 1. The van der Waals surface area contributed by atoms with Crippen molar-refractivity contribution < 1.29 is 23.4 Å². The Morgan fingerprint density at radius 3 is 2.50 bits per heavy atom. The molecule has 108 valence electrons. The number of nitrogens with one attached hydrogen (secondary N) is 1. The number of amides is 1. The first-order valence-corrected chi connectivity index (χ1v) is 7.61. The molecule has 2 atom stereocenters. The molecule has 2 aliphatic rings. The molecule has 1 aromatic rings. The Morgan fingerprint density at radius 2 is 1.85 bits per heavy atom. The summed E-state index contributed by atoms with van der Waals surface area (Å²) in [6.45, 7) is -0.254. The van der Waals surface area contributed by atoms with Crippen molar-refractivity contribution in [3.8, 4) is 0 Å². The van der Waals surface area contributed by atoms with Crippen molar-refractivity contribution in [1.29, 1.82) is 0 Å². The van der Waals surface area contributed by atoms with Crippen LogP contribution in [0.3, 0.4) is 0 Å². The van der Waals surface area contributed by atoms with Crippen LogP contribution in [0, 0.1) is 0 Å². The van der Waals surface area contributed by atoms with Crippen LogP contribution in [-0.4, -0.2) is 54.1 Å². The molecule has 3 rings (SSSR count). The second-order valence-corrected chi connectivity index (χ2v) is 6.94. The van der Waals surface area contributed by atoms with Gasteiger partial charge in [0.15, 0.2) is 0 Å². The zero-order valence-corrected chi connectivity index (χ0v) is 11.3. The number of β-amino-alcohol motifs (C(OH)–C–C–N with tert-alkyl or cyclic N) is 2. The lowest BCUT2D eigenvalue weighted by atomic mass is 10.2. The number of aliphatic hydroxyl groups is 2. The number of fused-ring (bicyclic) bond motifs is 1. The fraction of sp³-hybridized carbons (Fsp3) is 0.417. The van der Waals surface area contributed by atoms with Crippen molar-refractivity contribution in [2.24, 2.45) is 0 Å². The van der Waals surface area contributed by atoms with Crippen LogP contribution in [-0.2, 0) is 21.2 Å². The normalized spacial score (nSPS) is 26.6. The van der Waals surface area contributed by atoms with E-state index in [0.717, 1.165) is 4.31 Å². The number of aliphatic hydroxyl groups excluding tert-OH is 2. The van der Waals surface area contributed by atoms with E-state index < -0.39 is 22.2 Å². The summed E-state index contributed by atoms with van der Waals surface area (Å²) >= 11 is 0. The van der Waals surface area contributed by atoms with Crippen LogP contribution in [0.4, 0.5) is 5.69 Å². The van der Waals surface area contributed by atoms with E-state index in [2.05, 4.69) is 5.32 Å². The Labute approximate surface area is 115 Å². The average molecular weight is 298 g/mol. The van der Waals surface area contributed by atoms with E-state index >= 15 is 0 Å². The maximum atomic E-state index is 12.4. The third kappa shape index (κ3) is 2.10. The van der Waals surface area contributed by atoms with Crippen LogP contribution in [0.15, 0.2) is 23.1 Å². The monoisotopic (exact) mass is 298 g/mol. The lowest BCUT2D eigenvalue weighted by Gasteiger charge is -2.16. The SMILES string of the molecule is O=C1Cc2cc(S(=O)(=O)N3CC(O)C(O)C3)ccc2N1. The lowest BCUT2D eigenvalue weighted by Crippen LogP contribution is -2.30. The average Bonchev–Trinajstić information content (AvgIpc) is 2.91. The van der Waals surface area contributed by atoms with Gasteiger partial charge in [-0.25, -0.2) is 8.42 Å². The molecule has 0 radical (unpaired) electrons. The molecule has 1 fully saturated rings. The predicted octanol–water partition coefficient (Wildman–Crippen LogP) is -1.09. The molecule has 1 saturated heterocycles. The minimum absolute atomic E-state index is 0.0639. The molecule has 0 bridgehead atoms. The molecule has 7 nitrogen and oxygen atoms in total. The maximum Gasteiger partial charge on any atom is 0.243 e. The number of rotatable bonds is 2. The third-order valence-corrected chi connectivity index (χ3v) is 5.39. The van der Waals surface area contributed by atoms with Gasteiger partial charge in [-0.1, -0.05) is 0 Å². The molecule has 0 aromatic heterocycles. The van der Waals surface area contributed by atoms with Gasteiger partial charge in [0.2, 0.25) is 15.9 Å². The van der Waals surface area contributed by atoms with Gasteiger partial charge in [-0.15, -0.1) is 0 Å². The van der Waals surface area contributed by atoms with E-state index in [1.165, 1.54) is 12.1 Å². The van der Waals surface area contributed by atoms with E-state index in [-0.39, 0.29) is 30.3 Å². The number of benzene rings is 1. The summed E-state index contributed by atoms with van der Waals surface area (Å²) in [4.78, 5) is 11.3. The molecule has 2 aliphatic heterocycles. The highest BCUT2D eigenvalue weighted by Crippen LogP contribution is 2.28. The lowest BCUT2D eigenvalue weighted by molar-refractivity contribution is -0.115. The first kappa shape index (κ1) is 13.5. The minimum Gasteiger partial charge on any atom is -0.389 e. The number of anilines is 1. The van der Waals surface area contributed by atoms with E-state index in [9.17, 15) is 23.4 Å². The summed E-state index contributed by atoms with van der Waals surface area (Å²) in [5.74, 6) is -0.165. The highest BCUT2D eigenvalue weighted by molar-refractivity contribution is 7.89. The second-order valence-electron chi connectivity index (χ2n) is 5.00.